The Morgan fingerprint density at radius 1 is 0.309 bits per heavy atom. The van der Waals surface area contributed by atoms with Crippen LogP contribution >= 0.6 is 15.6 Å². The number of hydrogen-bond donors (Lipinski definition) is 3. The highest BCUT2D eigenvalue weighted by atomic mass is 31.2. The van der Waals surface area contributed by atoms with Gasteiger partial charge in [0.25, 0.3) is 0 Å². The highest BCUT2D eigenvalue weighted by molar-refractivity contribution is 7.47. The minimum absolute atomic E-state index is 0.102. The van der Waals surface area contributed by atoms with E-state index in [2.05, 4.69) is 55.4 Å². The lowest BCUT2D eigenvalue weighted by atomic mass is 10.0. The zero-order valence-corrected chi connectivity index (χ0v) is 54.2. The smallest absolute Gasteiger partial charge is 0.462 e. The van der Waals surface area contributed by atoms with Gasteiger partial charge in [0.05, 0.1) is 26.4 Å². The molecule has 0 aromatic carbocycles. The molecule has 0 saturated carbocycles. The van der Waals surface area contributed by atoms with Gasteiger partial charge < -0.3 is 33.8 Å². The first-order chi connectivity index (χ1) is 38.6. The van der Waals surface area contributed by atoms with Gasteiger partial charge in [-0.1, -0.05) is 242 Å². The molecule has 0 aromatic rings. The lowest BCUT2D eigenvalue weighted by Crippen LogP contribution is -2.30. The number of unbranched alkanes of at least 4 members (excludes halogenated alkanes) is 25. The van der Waals surface area contributed by atoms with E-state index in [9.17, 15) is 43.2 Å². The molecule has 0 aliphatic heterocycles. The molecule has 0 radical (unpaired) electrons. The average molecular weight is 1200 g/mol. The SMILES string of the molecule is CC(C)CCCCCCCCCCC(=O)O[C@H](COC(=O)CCCCCCCCCC(C)C)COP(=O)(O)OCC(O)COP(=O)(O)OC[C@@H](COC(=O)CCCCCCCCCC(C)C)OC(=O)CCCCCCCCCC(C)C. The summed E-state index contributed by atoms with van der Waals surface area (Å²) in [7, 11) is -9.88. The van der Waals surface area contributed by atoms with Crippen LogP contribution in [-0.4, -0.2) is 96.7 Å². The fraction of sp³-hybridized carbons (Fsp3) is 0.935. The molecule has 0 saturated heterocycles. The van der Waals surface area contributed by atoms with E-state index in [4.69, 9.17) is 37.0 Å². The van der Waals surface area contributed by atoms with Crippen LogP contribution in [-0.2, 0) is 65.4 Å². The second-order valence-electron chi connectivity index (χ2n) is 24.3. The van der Waals surface area contributed by atoms with Crippen molar-refractivity contribution in [2.45, 2.75) is 311 Å². The summed E-state index contributed by atoms with van der Waals surface area (Å²) in [5.74, 6) is 0.678. The van der Waals surface area contributed by atoms with E-state index in [0.717, 1.165) is 109 Å². The van der Waals surface area contributed by atoms with Gasteiger partial charge in [-0.05, 0) is 49.4 Å². The molecule has 0 amide bonds. The molecule has 0 fully saturated rings. The first-order valence-corrected chi connectivity index (χ1v) is 35.2. The molecule has 81 heavy (non-hydrogen) atoms. The van der Waals surface area contributed by atoms with Crippen molar-refractivity contribution < 1.29 is 80.2 Å². The Kier molecular flexibility index (Phi) is 51.1. The largest absolute Gasteiger partial charge is 0.472 e. The number of aliphatic hydroxyl groups is 1. The van der Waals surface area contributed by atoms with Crippen molar-refractivity contribution >= 4 is 39.5 Å². The third-order valence-corrected chi connectivity index (χ3v) is 16.0. The number of carbonyl (C=O) groups is 4. The van der Waals surface area contributed by atoms with Gasteiger partial charge in [-0.2, -0.15) is 0 Å². The summed E-state index contributed by atoms with van der Waals surface area (Å²) < 4.78 is 67.9. The van der Waals surface area contributed by atoms with Gasteiger partial charge in [0.2, 0.25) is 0 Å². The third-order valence-electron chi connectivity index (χ3n) is 14.1. The Morgan fingerprint density at radius 3 is 0.765 bits per heavy atom. The van der Waals surface area contributed by atoms with Crippen molar-refractivity contribution in [1.29, 1.82) is 0 Å². The molecule has 0 aliphatic carbocycles. The number of esters is 4. The summed E-state index contributed by atoms with van der Waals surface area (Å²) in [6.45, 7) is 13.9. The highest BCUT2D eigenvalue weighted by Gasteiger charge is 2.30. The van der Waals surface area contributed by atoms with E-state index < -0.39 is 97.5 Å². The Labute approximate surface area is 492 Å². The Balaban J connectivity index is 5.25. The summed E-state index contributed by atoms with van der Waals surface area (Å²) in [6.07, 6.45) is 31.0. The first-order valence-electron chi connectivity index (χ1n) is 32.2. The first kappa shape index (κ1) is 79.1. The number of ether oxygens (including phenoxy) is 4. The Bertz CT molecular complexity index is 1630. The topological polar surface area (TPSA) is 237 Å². The van der Waals surface area contributed by atoms with E-state index >= 15 is 0 Å². The summed E-state index contributed by atoms with van der Waals surface area (Å²) in [6, 6.07) is 0. The van der Waals surface area contributed by atoms with Crippen LogP contribution < -0.4 is 0 Å². The molecule has 19 heteroatoms. The van der Waals surface area contributed by atoms with Crippen LogP contribution in [0.2, 0.25) is 0 Å². The van der Waals surface area contributed by atoms with E-state index in [-0.39, 0.29) is 25.7 Å². The van der Waals surface area contributed by atoms with Gasteiger partial charge in [-0.15, -0.1) is 0 Å². The molecule has 0 bridgehead atoms. The van der Waals surface area contributed by atoms with Crippen molar-refractivity contribution in [2.75, 3.05) is 39.6 Å². The van der Waals surface area contributed by atoms with Crippen LogP contribution in [0.3, 0.4) is 0 Å². The molecular formula is C62H120O17P2. The number of phosphoric ester groups is 2. The van der Waals surface area contributed by atoms with E-state index in [1.54, 1.807) is 0 Å². The molecular weight excluding hydrogens is 1080 g/mol. The molecule has 3 unspecified atom stereocenters. The van der Waals surface area contributed by atoms with Crippen LogP contribution in [0.1, 0.15) is 293 Å². The van der Waals surface area contributed by atoms with Gasteiger partial charge in [-0.25, -0.2) is 9.13 Å². The Morgan fingerprint density at radius 2 is 0.519 bits per heavy atom. The molecule has 480 valence electrons. The molecule has 0 rings (SSSR count). The summed E-state index contributed by atoms with van der Waals surface area (Å²) >= 11 is 0. The zero-order valence-electron chi connectivity index (χ0n) is 52.4. The molecule has 5 atom stereocenters. The molecule has 0 aliphatic rings. The molecule has 17 nitrogen and oxygen atoms in total. The number of rotatable bonds is 59. The zero-order chi connectivity index (χ0) is 60.4. The predicted molar refractivity (Wildman–Crippen MR) is 321 cm³/mol. The number of carbonyl (C=O) groups excluding carboxylic acids is 4. The van der Waals surface area contributed by atoms with Crippen molar-refractivity contribution in [3.05, 3.63) is 0 Å². The molecule has 0 heterocycles. The summed E-state index contributed by atoms with van der Waals surface area (Å²) in [5, 5.41) is 10.5. The van der Waals surface area contributed by atoms with Gasteiger partial charge in [0.15, 0.2) is 12.2 Å². The fourth-order valence-electron chi connectivity index (χ4n) is 9.08. The number of aliphatic hydroxyl groups excluding tert-OH is 1. The minimum Gasteiger partial charge on any atom is -0.462 e. The number of phosphoric acid groups is 2. The average Bonchev–Trinajstić information content (AvgIpc) is 3.40. The van der Waals surface area contributed by atoms with Crippen molar-refractivity contribution in [3.63, 3.8) is 0 Å². The fourth-order valence-corrected chi connectivity index (χ4v) is 10.7. The molecule has 0 aromatic heterocycles. The van der Waals surface area contributed by atoms with Crippen LogP contribution in [0.5, 0.6) is 0 Å². The summed E-state index contributed by atoms with van der Waals surface area (Å²) in [5.41, 5.74) is 0. The van der Waals surface area contributed by atoms with Gasteiger partial charge >= 0.3 is 39.5 Å². The predicted octanol–water partition coefficient (Wildman–Crippen LogP) is 16.6. The maximum absolute atomic E-state index is 12.9. The maximum Gasteiger partial charge on any atom is 0.472 e. The van der Waals surface area contributed by atoms with Crippen LogP contribution in [0.25, 0.3) is 0 Å². The van der Waals surface area contributed by atoms with Gasteiger partial charge in [-0.3, -0.25) is 37.3 Å². The van der Waals surface area contributed by atoms with E-state index in [1.807, 2.05) is 0 Å². The second-order valence-corrected chi connectivity index (χ2v) is 27.3. The van der Waals surface area contributed by atoms with Crippen molar-refractivity contribution in [3.8, 4) is 0 Å². The molecule has 3 N–H and O–H groups in total. The normalized spacial score (nSPS) is 14.5. The van der Waals surface area contributed by atoms with Crippen molar-refractivity contribution in [1.82, 2.24) is 0 Å². The number of hydrogen-bond acceptors (Lipinski definition) is 15. The van der Waals surface area contributed by atoms with E-state index in [1.165, 1.54) is 83.5 Å². The van der Waals surface area contributed by atoms with Crippen LogP contribution in [0.15, 0.2) is 0 Å². The van der Waals surface area contributed by atoms with Crippen LogP contribution in [0, 0.1) is 23.7 Å². The lowest BCUT2D eigenvalue weighted by Gasteiger charge is -2.21. The standard InChI is InChI=1S/C62H120O17P2/c1-52(2)38-30-22-14-9-10-18-28-36-44-61(66)78-57(48-72-59(64)42-34-26-19-11-15-23-31-39-53(3)4)50-76-80(68,69)74-46-56(63)47-75-81(70,71)77-51-58(79-62(67)45-37-29-21-13-17-25-33-41-55(7)8)49-73-60(65)43-35-27-20-12-16-24-32-40-54(5)6/h52-58,63H,9-51H2,1-8H3,(H,68,69)(H,70,71)/t56?,57-,58-/m1/s1. The van der Waals surface area contributed by atoms with E-state index in [0.29, 0.717) is 43.4 Å². The maximum atomic E-state index is 12.9. The van der Waals surface area contributed by atoms with Gasteiger partial charge in [0, 0.05) is 25.7 Å². The quantitative estimate of drug-likeness (QED) is 0.0222. The van der Waals surface area contributed by atoms with Crippen molar-refractivity contribution in [2.24, 2.45) is 23.7 Å². The monoisotopic (exact) mass is 1200 g/mol. The highest BCUT2D eigenvalue weighted by Crippen LogP contribution is 2.45. The van der Waals surface area contributed by atoms with Gasteiger partial charge in [0.1, 0.15) is 19.3 Å². The molecule has 0 spiro atoms. The third kappa shape index (κ3) is 56.9. The second kappa shape index (κ2) is 52.4. The Hall–Kier alpha value is -1.94. The minimum atomic E-state index is -4.94. The van der Waals surface area contributed by atoms with Crippen LogP contribution in [0.4, 0.5) is 0 Å². The summed E-state index contributed by atoms with van der Waals surface area (Å²) in [4.78, 5) is 72.1. The lowest BCUT2D eigenvalue weighted by molar-refractivity contribution is -0.161.